The number of aliphatic hydroxyl groups excluding tert-OH is 1. The summed E-state index contributed by atoms with van der Waals surface area (Å²) in [6, 6.07) is 0. The lowest BCUT2D eigenvalue weighted by Crippen LogP contribution is -2.30. The number of hydrogen-bond donors (Lipinski definition) is 3. The predicted molar refractivity (Wildman–Crippen MR) is 409 cm³/mol. The zero-order valence-electron chi connectivity index (χ0n) is 63.9. The molecule has 0 aliphatic heterocycles. The molecule has 100 heavy (non-hydrogen) atoms. The number of unbranched alkanes of at least 4 members (excludes halogenated alkanes) is 41. The van der Waals surface area contributed by atoms with Gasteiger partial charge in [0, 0.05) is 25.7 Å². The number of aliphatic hydroxyl groups is 1. The molecule has 584 valence electrons. The molecule has 0 saturated heterocycles. The van der Waals surface area contributed by atoms with Gasteiger partial charge in [0.1, 0.15) is 19.3 Å². The third-order valence-corrected chi connectivity index (χ3v) is 19.4. The van der Waals surface area contributed by atoms with Gasteiger partial charge in [-0.15, -0.1) is 0 Å². The summed E-state index contributed by atoms with van der Waals surface area (Å²) in [6.45, 7) is 4.81. The highest BCUT2D eigenvalue weighted by atomic mass is 31.2. The average Bonchev–Trinajstić information content (AvgIpc) is 0.946. The van der Waals surface area contributed by atoms with Gasteiger partial charge >= 0.3 is 39.5 Å². The third-order valence-electron chi connectivity index (χ3n) is 17.5. The average molecular weight is 1460 g/mol. The largest absolute Gasteiger partial charge is 0.472 e. The van der Waals surface area contributed by atoms with Crippen LogP contribution in [0.25, 0.3) is 0 Å². The van der Waals surface area contributed by atoms with Crippen LogP contribution in [0.5, 0.6) is 0 Å². The molecule has 0 aromatic rings. The number of carbonyl (C=O) groups is 4. The molecule has 0 aliphatic rings. The Labute approximate surface area is 610 Å². The van der Waals surface area contributed by atoms with E-state index in [0.717, 1.165) is 122 Å². The fraction of sp³-hybridized carbons (Fsp3) is 0.827. The normalized spacial score (nSPS) is 14.2. The van der Waals surface area contributed by atoms with E-state index >= 15 is 0 Å². The summed E-state index contributed by atoms with van der Waals surface area (Å²) in [5.41, 5.74) is 0. The van der Waals surface area contributed by atoms with Crippen molar-refractivity contribution in [2.45, 2.75) is 393 Å². The SMILES string of the molecule is CC/C=C\C/C=C\C/C=C\C/C=C\C/C=C\CCCCCC(=O)OC[C@H](COP(=O)(O)OC[C@@H](O)COP(=O)(O)OC[C@@H](COC(=O)CCCCCCCCCCCCCCC)OC(=O)CCCCCCCCCCCCCCC)OC(=O)CCCCCCCCCCCCCCCCC. The van der Waals surface area contributed by atoms with Gasteiger partial charge in [-0.1, -0.05) is 339 Å². The Balaban J connectivity index is 5.33. The second kappa shape index (κ2) is 74.0. The molecule has 0 saturated carbocycles. The summed E-state index contributed by atoms with van der Waals surface area (Å²) in [7, 11) is -9.94. The van der Waals surface area contributed by atoms with Crippen molar-refractivity contribution >= 4 is 39.5 Å². The zero-order valence-corrected chi connectivity index (χ0v) is 65.7. The van der Waals surface area contributed by atoms with E-state index in [1.807, 2.05) is 0 Å². The topological polar surface area (TPSA) is 237 Å². The molecular weight excluding hydrogens is 1310 g/mol. The van der Waals surface area contributed by atoms with Crippen LogP contribution in [0.4, 0.5) is 0 Å². The van der Waals surface area contributed by atoms with E-state index in [1.165, 1.54) is 173 Å². The van der Waals surface area contributed by atoms with Crippen molar-refractivity contribution in [2.24, 2.45) is 0 Å². The number of phosphoric ester groups is 2. The number of allylic oxidation sites excluding steroid dienone is 10. The lowest BCUT2D eigenvalue weighted by atomic mass is 10.0. The fourth-order valence-electron chi connectivity index (χ4n) is 11.4. The third kappa shape index (κ3) is 73.1. The summed E-state index contributed by atoms with van der Waals surface area (Å²) in [5, 5.41) is 10.6. The van der Waals surface area contributed by atoms with E-state index in [0.29, 0.717) is 25.7 Å². The summed E-state index contributed by atoms with van der Waals surface area (Å²) in [5.74, 6) is -2.17. The molecule has 0 fully saturated rings. The van der Waals surface area contributed by atoms with Crippen LogP contribution in [-0.4, -0.2) is 96.7 Å². The number of ether oxygens (including phenoxy) is 4. The Morgan fingerprint density at radius 3 is 0.800 bits per heavy atom. The minimum Gasteiger partial charge on any atom is -0.462 e. The van der Waals surface area contributed by atoms with Crippen LogP contribution in [0.2, 0.25) is 0 Å². The molecule has 0 amide bonds. The number of rotatable bonds is 77. The highest BCUT2D eigenvalue weighted by molar-refractivity contribution is 7.47. The van der Waals surface area contributed by atoms with E-state index < -0.39 is 97.5 Å². The molecule has 0 aromatic carbocycles. The Bertz CT molecular complexity index is 2130. The van der Waals surface area contributed by atoms with E-state index in [4.69, 9.17) is 37.0 Å². The van der Waals surface area contributed by atoms with Gasteiger partial charge in [-0.05, 0) is 70.6 Å². The smallest absolute Gasteiger partial charge is 0.462 e. The first-order valence-electron chi connectivity index (χ1n) is 40.5. The maximum absolute atomic E-state index is 13.1. The van der Waals surface area contributed by atoms with Gasteiger partial charge in [-0.25, -0.2) is 9.13 Å². The van der Waals surface area contributed by atoms with Gasteiger partial charge in [0.05, 0.1) is 26.4 Å². The molecular formula is C81H148O17P2. The van der Waals surface area contributed by atoms with E-state index in [1.54, 1.807) is 0 Å². The first-order chi connectivity index (χ1) is 48.7. The number of esters is 4. The van der Waals surface area contributed by atoms with Crippen LogP contribution in [0.1, 0.15) is 374 Å². The van der Waals surface area contributed by atoms with Gasteiger partial charge in [-0.2, -0.15) is 0 Å². The van der Waals surface area contributed by atoms with Crippen molar-refractivity contribution in [1.82, 2.24) is 0 Å². The second-order valence-corrected chi connectivity index (χ2v) is 30.3. The highest BCUT2D eigenvalue weighted by Gasteiger charge is 2.30. The van der Waals surface area contributed by atoms with Crippen molar-refractivity contribution in [2.75, 3.05) is 39.6 Å². The van der Waals surface area contributed by atoms with Crippen molar-refractivity contribution in [3.8, 4) is 0 Å². The Morgan fingerprint density at radius 1 is 0.290 bits per heavy atom. The monoisotopic (exact) mass is 1460 g/mol. The standard InChI is InChI=1S/C81H148O17P2/c1-5-9-13-17-21-25-29-33-35-36-37-38-40-43-46-50-54-58-62-66-79(84)92-72-77(98-81(86)68-64-60-56-52-48-44-39-34-30-26-22-18-14-10-6-2)74-96-100(89,90)94-70-75(82)69-93-99(87,88)95-73-76(97-80(85)67-63-59-55-51-47-42-32-28-24-20-16-12-8-4)71-91-78(83)65-61-57-53-49-45-41-31-27-23-19-15-11-7-3/h9,13,21,25,33,35,37-38,43,46,75-77,82H,5-8,10-12,14-20,22-24,26-32,34,36,39-42,44-45,47-74H2,1-4H3,(H,87,88)(H,89,90)/b13-9-,25-21-,35-33-,38-37-,46-43-/t75-,76+,77+/m0/s1. The maximum atomic E-state index is 13.1. The fourth-order valence-corrected chi connectivity index (χ4v) is 12.9. The van der Waals surface area contributed by atoms with Crippen LogP contribution in [0.15, 0.2) is 60.8 Å². The predicted octanol–water partition coefficient (Wildman–Crippen LogP) is 23.5. The van der Waals surface area contributed by atoms with E-state index in [9.17, 15) is 43.2 Å². The maximum Gasteiger partial charge on any atom is 0.472 e. The summed E-state index contributed by atoms with van der Waals surface area (Å²) >= 11 is 0. The molecule has 0 spiro atoms. The van der Waals surface area contributed by atoms with E-state index in [2.05, 4.69) is 88.5 Å². The zero-order chi connectivity index (χ0) is 73.2. The molecule has 0 rings (SSSR count). The van der Waals surface area contributed by atoms with Crippen molar-refractivity contribution in [3.63, 3.8) is 0 Å². The second-order valence-electron chi connectivity index (χ2n) is 27.4. The molecule has 2 unspecified atom stereocenters. The summed E-state index contributed by atoms with van der Waals surface area (Å²) < 4.78 is 68.6. The molecule has 0 aliphatic carbocycles. The minimum absolute atomic E-state index is 0.0941. The highest BCUT2D eigenvalue weighted by Crippen LogP contribution is 2.45. The minimum atomic E-state index is -4.98. The van der Waals surface area contributed by atoms with Gasteiger partial charge in [0.2, 0.25) is 0 Å². The van der Waals surface area contributed by atoms with Gasteiger partial charge in [0.25, 0.3) is 0 Å². The molecule has 17 nitrogen and oxygen atoms in total. The molecule has 3 N–H and O–H groups in total. The van der Waals surface area contributed by atoms with Crippen LogP contribution < -0.4 is 0 Å². The van der Waals surface area contributed by atoms with Crippen molar-refractivity contribution in [3.05, 3.63) is 60.8 Å². The van der Waals surface area contributed by atoms with Gasteiger partial charge < -0.3 is 33.8 Å². The van der Waals surface area contributed by atoms with Gasteiger partial charge in [-0.3, -0.25) is 37.3 Å². The van der Waals surface area contributed by atoms with Crippen LogP contribution in [-0.2, 0) is 65.4 Å². The number of hydrogen-bond acceptors (Lipinski definition) is 15. The Kier molecular flexibility index (Phi) is 71.6. The van der Waals surface area contributed by atoms with Crippen molar-refractivity contribution < 1.29 is 80.2 Å². The molecule has 0 aromatic heterocycles. The first kappa shape index (κ1) is 96.8. The molecule has 0 heterocycles. The van der Waals surface area contributed by atoms with Crippen LogP contribution in [0, 0.1) is 0 Å². The lowest BCUT2D eigenvalue weighted by Gasteiger charge is -2.21. The lowest BCUT2D eigenvalue weighted by molar-refractivity contribution is -0.161. The first-order valence-corrected chi connectivity index (χ1v) is 43.5. The summed E-state index contributed by atoms with van der Waals surface area (Å²) in [4.78, 5) is 73.0. The van der Waals surface area contributed by atoms with E-state index in [-0.39, 0.29) is 25.7 Å². The molecule has 5 atom stereocenters. The molecule has 0 radical (unpaired) electrons. The molecule has 19 heteroatoms. The number of carbonyl (C=O) groups excluding carboxylic acids is 4. The number of phosphoric acid groups is 2. The Hall–Kier alpha value is -3.24. The Morgan fingerprint density at radius 2 is 0.520 bits per heavy atom. The molecule has 0 bridgehead atoms. The van der Waals surface area contributed by atoms with Gasteiger partial charge in [0.15, 0.2) is 12.2 Å². The quantitative estimate of drug-likeness (QED) is 0.0169. The summed E-state index contributed by atoms with van der Waals surface area (Å²) in [6.07, 6.45) is 73.4. The van der Waals surface area contributed by atoms with Crippen LogP contribution >= 0.6 is 15.6 Å². The van der Waals surface area contributed by atoms with Crippen LogP contribution in [0.3, 0.4) is 0 Å². The van der Waals surface area contributed by atoms with Crippen molar-refractivity contribution in [1.29, 1.82) is 0 Å².